The SMILES string of the molecule is Cc1ccc(CNC(=O)c2ccc(S(=O)(=O)Nc3ccccc3)cc2)cc1. The van der Waals surface area contributed by atoms with Crippen molar-refractivity contribution in [2.45, 2.75) is 18.4 Å². The van der Waals surface area contributed by atoms with Crippen LogP contribution in [0.1, 0.15) is 21.5 Å². The number of nitrogens with one attached hydrogen (secondary N) is 2. The van der Waals surface area contributed by atoms with Crippen molar-refractivity contribution in [2.24, 2.45) is 0 Å². The number of para-hydroxylation sites is 1. The lowest BCUT2D eigenvalue weighted by Gasteiger charge is -2.09. The second-order valence-corrected chi connectivity index (χ2v) is 7.85. The van der Waals surface area contributed by atoms with Gasteiger partial charge in [0.05, 0.1) is 4.90 Å². The molecular weight excluding hydrogens is 360 g/mol. The average molecular weight is 380 g/mol. The number of aryl methyl sites for hydroxylation is 1. The summed E-state index contributed by atoms with van der Waals surface area (Å²) in [7, 11) is -3.70. The van der Waals surface area contributed by atoms with Gasteiger partial charge in [0.1, 0.15) is 0 Å². The van der Waals surface area contributed by atoms with Crippen LogP contribution in [0.2, 0.25) is 0 Å². The molecule has 27 heavy (non-hydrogen) atoms. The molecule has 0 bridgehead atoms. The summed E-state index contributed by atoms with van der Waals surface area (Å²) >= 11 is 0. The molecule has 2 N–H and O–H groups in total. The largest absolute Gasteiger partial charge is 0.348 e. The van der Waals surface area contributed by atoms with Crippen molar-refractivity contribution in [3.8, 4) is 0 Å². The fourth-order valence-electron chi connectivity index (χ4n) is 2.50. The van der Waals surface area contributed by atoms with Gasteiger partial charge in [0.2, 0.25) is 0 Å². The number of carbonyl (C=O) groups is 1. The monoisotopic (exact) mass is 380 g/mol. The van der Waals surface area contributed by atoms with Crippen LogP contribution in [0.4, 0.5) is 5.69 Å². The molecule has 0 saturated carbocycles. The summed E-state index contributed by atoms with van der Waals surface area (Å²) in [6, 6.07) is 22.4. The third-order valence-corrected chi connectivity index (χ3v) is 5.42. The second-order valence-electron chi connectivity index (χ2n) is 6.16. The van der Waals surface area contributed by atoms with E-state index in [1.54, 1.807) is 24.3 Å². The van der Waals surface area contributed by atoms with Crippen molar-refractivity contribution in [1.29, 1.82) is 0 Å². The first-order valence-corrected chi connectivity index (χ1v) is 9.94. The number of rotatable bonds is 6. The van der Waals surface area contributed by atoms with E-state index in [0.717, 1.165) is 11.1 Å². The molecule has 0 aromatic heterocycles. The minimum Gasteiger partial charge on any atom is -0.348 e. The molecule has 0 aliphatic rings. The predicted octanol–water partition coefficient (Wildman–Crippen LogP) is 3.73. The standard InChI is InChI=1S/C21H20N2O3S/c1-16-7-9-17(10-8-16)15-22-21(24)18-11-13-20(14-12-18)27(25,26)23-19-5-3-2-4-6-19/h2-14,23H,15H2,1H3,(H,22,24). The van der Waals surface area contributed by atoms with Crippen molar-refractivity contribution >= 4 is 21.6 Å². The van der Waals surface area contributed by atoms with Gasteiger partial charge in [0.25, 0.3) is 15.9 Å². The Balaban J connectivity index is 1.65. The Morgan fingerprint density at radius 3 is 2.11 bits per heavy atom. The van der Waals surface area contributed by atoms with Gasteiger partial charge in [0.15, 0.2) is 0 Å². The Hall–Kier alpha value is -3.12. The molecule has 0 fully saturated rings. The first-order valence-electron chi connectivity index (χ1n) is 8.46. The van der Waals surface area contributed by atoms with Crippen LogP contribution >= 0.6 is 0 Å². The van der Waals surface area contributed by atoms with Crippen LogP contribution < -0.4 is 10.0 Å². The van der Waals surface area contributed by atoms with Gasteiger partial charge in [-0.15, -0.1) is 0 Å². The number of anilines is 1. The zero-order valence-corrected chi connectivity index (χ0v) is 15.7. The van der Waals surface area contributed by atoms with E-state index in [4.69, 9.17) is 0 Å². The molecule has 0 aliphatic carbocycles. The number of sulfonamides is 1. The Morgan fingerprint density at radius 2 is 1.48 bits per heavy atom. The third kappa shape index (κ3) is 4.95. The Kier molecular flexibility index (Phi) is 5.57. The smallest absolute Gasteiger partial charge is 0.261 e. The zero-order chi connectivity index (χ0) is 19.3. The van der Waals surface area contributed by atoms with Crippen LogP contribution in [0.25, 0.3) is 0 Å². The molecule has 3 aromatic carbocycles. The molecular formula is C21H20N2O3S. The van der Waals surface area contributed by atoms with E-state index in [1.165, 1.54) is 24.3 Å². The molecule has 0 saturated heterocycles. The van der Waals surface area contributed by atoms with Crippen LogP contribution in [0, 0.1) is 6.92 Å². The molecule has 0 atom stereocenters. The van der Waals surface area contributed by atoms with Gasteiger partial charge in [-0.2, -0.15) is 0 Å². The summed E-state index contributed by atoms with van der Waals surface area (Å²) in [5, 5.41) is 2.83. The third-order valence-electron chi connectivity index (χ3n) is 4.03. The zero-order valence-electron chi connectivity index (χ0n) is 14.8. The number of hydrogen-bond donors (Lipinski definition) is 2. The fourth-order valence-corrected chi connectivity index (χ4v) is 3.55. The van der Waals surface area contributed by atoms with Crippen molar-refractivity contribution in [1.82, 2.24) is 5.32 Å². The summed E-state index contributed by atoms with van der Waals surface area (Å²) in [5.41, 5.74) is 3.05. The molecule has 3 aromatic rings. The van der Waals surface area contributed by atoms with Crippen LogP contribution in [-0.4, -0.2) is 14.3 Å². The Labute approximate surface area is 159 Å². The summed E-state index contributed by atoms with van der Waals surface area (Å²) in [4.78, 5) is 12.4. The Morgan fingerprint density at radius 1 is 0.852 bits per heavy atom. The van der Waals surface area contributed by atoms with Crippen LogP contribution in [0.15, 0.2) is 83.8 Å². The van der Waals surface area contributed by atoms with Crippen molar-refractivity contribution in [3.05, 3.63) is 95.6 Å². The van der Waals surface area contributed by atoms with E-state index >= 15 is 0 Å². The van der Waals surface area contributed by atoms with E-state index < -0.39 is 10.0 Å². The van der Waals surface area contributed by atoms with E-state index in [1.807, 2.05) is 37.3 Å². The van der Waals surface area contributed by atoms with Crippen LogP contribution in [0.5, 0.6) is 0 Å². The van der Waals surface area contributed by atoms with E-state index in [9.17, 15) is 13.2 Å². The molecule has 0 unspecified atom stereocenters. The molecule has 5 nitrogen and oxygen atoms in total. The van der Waals surface area contributed by atoms with Gasteiger partial charge in [-0.25, -0.2) is 8.42 Å². The van der Waals surface area contributed by atoms with Crippen molar-refractivity contribution in [3.63, 3.8) is 0 Å². The van der Waals surface area contributed by atoms with Gasteiger partial charge in [-0.05, 0) is 48.9 Å². The molecule has 0 radical (unpaired) electrons. The minimum absolute atomic E-state index is 0.0986. The van der Waals surface area contributed by atoms with E-state index in [0.29, 0.717) is 17.8 Å². The molecule has 1 amide bonds. The first kappa shape index (κ1) is 18.7. The second kappa shape index (κ2) is 8.05. The molecule has 0 aliphatic heterocycles. The molecule has 0 spiro atoms. The van der Waals surface area contributed by atoms with E-state index in [-0.39, 0.29) is 10.8 Å². The minimum atomic E-state index is -3.70. The maximum absolute atomic E-state index is 12.4. The highest BCUT2D eigenvalue weighted by Crippen LogP contribution is 2.16. The van der Waals surface area contributed by atoms with Crippen LogP contribution in [-0.2, 0) is 16.6 Å². The highest BCUT2D eigenvalue weighted by atomic mass is 32.2. The van der Waals surface area contributed by atoms with Gasteiger partial charge in [0, 0.05) is 17.8 Å². The van der Waals surface area contributed by atoms with Crippen LogP contribution in [0.3, 0.4) is 0 Å². The topological polar surface area (TPSA) is 75.3 Å². The Bertz CT molecular complexity index is 1010. The van der Waals surface area contributed by atoms with E-state index in [2.05, 4.69) is 10.0 Å². The quantitative estimate of drug-likeness (QED) is 0.684. The highest BCUT2D eigenvalue weighted by molar-refractivity contribution is 7.92. The van der Waals surface area contributed by atoms with Gasteiger partial charge in [-0.1, -0.05) is 48.0 Å². The van der Waals surface area contributed by atoms with Gasteiger partial charge >= 0.3 is 0 Å². The number of benzene rings is 3. The summed E-state index contributed by atoms with van der Waals surface area (Å²) in [6.45, 7) is 2.42. The maximum Gasteiger partial charge on any atom is 0.261 e. The molecule has 138 valence electrons. The first-order chi connectivity index (χ1) is 12.9. The number of carbonyl (C=O) groups excluding carboxylic acids is 1. The molecule has 3 rings (SSSR count). The fraction of sp³-hybridized carbons (Fsp3) is 0.0952. The van der Waals surface area contributed by atoms with Crippen molar-refractivity contribution in [2.75, 3.05) is 4.72 Å². The molecule has 0 heterocycles. The lowest BCUT2D eigenvalue weighted by atomic mass is 10.1. The van der Waals surface area contributed by atoms with Gasteiger partial charge in [-0.3, -0.25) is 9.52 Å². The number of hydrogen-bond acceptors (Lipinski definition) is 3. The van der Waals surface area contributed by atoms with Crippen molar-refractivity contribution < 1.29 is 13.2 Å². The summed E-state index contributed by atoms with van der Waals surface area (Å²) in [5.74, 6) is -0.254. The number of amides is 1. The highest BCUT2D eigenvalue weighted by Gasteiger charge is 2.15. The summed E-state index contributed by atoms with van der Waals surface area (Å²) < 4.78 is 27.3. The van der Waals surface area contributed by atoms with Gasteiger partial charge < -0.3 is 5.32 Å². The maximum atomic E-state index is 12.4. The summed E-state index contributed by atoms with van der Waals surface area (Å²) in [6.07, 6.45) is 0. The molecule has 6 heteroatoms. The average Bonchev–Trinajstić information content (AvgIpc) is 2.68. The lowest BCUT2D eigenvalue weighted by molar-refractivity contribution is 0.0951. The predicted molar refractivity (Wildman–Crippen MR) is 106 cm³/mol. The lowest BCUT2D eigenvalue weighted by Crippen LogP contribution is -2.23. The normalized spacial score (nSPS) is 11.0.